The summed E-state index contributed by atoms with van der Waals surface area (Å²) in [4.78, 5) is 43.9. The van der Waals surface area contributed by atoms with E-state index in [0.29, 0.717) is 60.2 Å². The van der Waals surface area contributed by atoms with Gasteiger partial charge in [-0.3, -0.25) is 19.3 Å². The molecule has 4 rings (SSSR count). The van der Waals surface area contributed by atoms with E-state index >= 15 is 0 Å². The topological polar surface area (TPSA) is 121 Å². The van der Waals surface area contributed by atoms with Crippen molar-refractivity contribution in [3.8, 4) is 11.5 Å². The third-order valence-electron chi connectivity index (χ3n) is 9.31. The first-order chi connectivity index (χ1) is 24.6. The molecule has 294 valence electrons. The predicted octanol–water partition coefficient (Wildman–Crippen LogP) is 8.35. The molecule has 1 amide bonds. The number of nitrogens with zero attached hydrogens (tertiary/aromatic N) is 2. The first kappa shape index (κ1) is 42.6. The first-order valence-corrected chi connectivity index (χ1v) is 20.8. The van der Waals surface area contributed by atoms with Crippen molar-refractivity contribution in [3.63, 3.8) is 0 Å². The molecule has 11 nitrogen and oxygen atoms in total. The Morgan fingerprint density at radius 3 is 1.96 bits per heavy atom. The molecule has 1 saturated heterocycles. The predicted molar refractivity (Wildman–Crippen MR) is 207 cm³/mol. The molecule has 2 aromatic rings. The van der Waals surface area contributed by atoms with Crippen LogP contribution in [0.15, 0.2) is 36.4 Å². The summed E-state index contributed by atoms with van der Waals surface area (Å²) in [5.74, 6) is -0.139. The zero-order valence-corrected chi connectivity index (χ0v) is 34.9. The quantitative estimate of drug-likeness (QED) is 0.163. The Kier molecular flexibility index (Phi) is 13.4. The van der Waals surface area contributed by atoms with Crippen LogP contribution in [0.1, 0.15) is 92.4 Å². The molecule has 2 aromatic carbocycles. The van der Waals surface area contributed by atoms with Gasteiger partial charge in [-0.25, -0.2) is 0 Å². The highest BCUT2D eigenvalue weighted by atomic mass is 35.5. The summed E-state index contributed by atoms with van der Waals surface area (Å²) in [7, 11) is -0.154. The third-order valence-corrected chi connectivity index (χ3v) is 11.9. The van der Waals surface area contributed by atoms with Gasteiger partial charge < -0.3 is 33.1 Å². The van der Waals surface area contributed by atoms with Gasteiger partial charge in [0.2, 0.25) is 0 Å². The molecule has 0 aliphatic carbocycles. The van der Waals surface area contributed by atoms with Gasteiger partial charge in [-0.2, -0.15) is 0 Å². The highest BCUT2D eigenvalue weighted by Crippen LogP contribution is 2.50. The summed E-state index contributed by atoms with van der Waals surface area (Å²) in [6, 6.07) is 11.1. The molecule has 0 spiro atoms. The number of methoxy groups -OCH3 is 2. The molecule has 0 N–H and O–H groups in total. The summed E-state index contributed by atoms with van der Waals surface area (Å²) in [6.07, 6.45) is -0.877. The lowest BCUT2D eigenvalue weighted by Gasteiger charge is -2.39. The standard InChI is InChI=1S/C40H58ClN2O9P/c1-38(2,3)23-43-30-16-15-27(41)21-29(30)32(28-13-12-14-31(48-10)33(28)49-11)52-35(34(43)44)42-19-17-26(18-20-42)22-53(47,24-50-36(45)39(4,5)6)25-51-37(46)40(7,8)9/h12-16,21,26,32,35H,17-20,22-25H2,1-11H3/t32-,35-/m1/s1. The fourth-order valence-corrected chi connectivity index (χ4v) is 8.98. The molecule has 0 radical (unpaired) electrons. The number of benzene rings is 2. The van der Waals surface area contributed by atoms with Crippen molar-refractivity contribution in [2.75, 3.05) is 57.6 Å². The van der Waals surface area contributed by atoms with Gasteiger partial charge in [0.25, 0.3) is 5.91 Å². The van der Waals surface area contributed by atoms with Crippen molar-refractivity contribution < 1.29 is 42.6 Å². The van der Waals surface area contributed by atoms with Crippen LogP contribution in [-0.4, -0.2) is 81.7 Å². The zero-order chi connectivity index (χ0) is 39.5. The van der Waals surface area contributed by atoms with E-state index < -0.39 is 42.2 Å². The fourth-order valence-electron chi connectivity index (χ4n) is 6.50. The normalized spacial score (nSPS) is 19.3. The average molecular weight is 777 g/mol. The van der Waals surface area contributed by atoms with Gasteiger partial charge in [0.1, 0.15) is 18.8 Å². The van der Waals surface area contributed by atoms with Crippen molar-refractivity contribution in [3.05, 3.63) is 52.5 Å². The highest BCUT2D eigenvalue weighted by molar-refractivity contribution is 7.63. The lowest BCUT2D eigenvalue weighted by molar-refractivity contribution is -0.151. The largest absolute Gasteiger partial charge is 0.493 e. The van der Waals surface area contributed by atoms with Crippen LogP contribution < -0.4 is 14.4 Å². The summed E-state index contributed by atoms with van der Waals surface area (Å²) in [5, 5.41) is 0.507. The highest BCUT2D eigenvalue weighted by Gasteiger charge is 2.44. The van der Waals surface area contributed by atoms with Gasteiger partial charge in [0.15, 0.2) is 24.9 Å². The Morgan fingerprint density at radius 2 is 1.45 bits per heavy atom. The van der Waals surface area contributed by atoms with E-state index in [1.807, 2.05) is 35.2 Å². The minimum atomic E-state index is -3.30. The van der Waals surface area contributed by atoms with Gasteiger partial charge in [-0.1, -0.05) is 44.5 Å². The number of likely N-dealkylation sites (tertiary alicyclic amines) is 1. The van der Waals surface area contributed by atoms with Crippen LogP contribution in [0.25, 0.3) is 0 Å². The number of hydrogen-bond acceptors (Lipinski definition) is 10. The fraction of sp³-hybridized carbons (Fsp3) is 0.625. The SMILES string of the molecule is COc1cccc([C@H]2O[C@@H](N3CCC(CP(=O)(COC(=O)C(C)(C)C)COC(=O)C(C)(C)C)CC3)C(=O)N(CC(C)(C)C)c3ccc(Cl)cc32)c1OC. The van der Waals surface area contributed by atoms with E-state index in [0.717, 1.165) is 5.56 Å². The van der Waals surface area contributed by atoms with Crippen LogP contribution in [0.2, 0.25) is 5.02 Å². The number of hydrogen-bond donors (Lipinski definition) is 0. The third kappa shape index (κ3) is 10.8. The molecular formula is C40H58ClN2O9P. The summed E-state index contributed by atoms with van der Waals surface area (Å²) < 4.78 is 43.9. The Labute approximate surface area is 320 Å². The van der Waals surface area contributed by atoms with E-state index in [1.54, 1.807) is 66.7 Å². The van der Waals surface area contributed by atoms with Gasteiger partial charge in [-0.05, 0) is 90.0 Å². The number of anilines is 1. The lowest BCUT2D eigenvalue weighted by atomic mass is 9.94. The lowest BCUT2D eigenvalue weighted by Crippen LogP contribution is -2.53. The maximum Gasteiger partial charge on any atom is 0.311 e. The molecule has 2 aliphatic rings. The molecule has 0 bridgehead atoms. The second kappa shape index (κ2) is 16.7. The van der Waals surface area contributed by atoms with E-state index in [9.17, 15) is 18.9 Å². The number of esters is 2. The molecule has 0 aromatic heterocycles. The molecule has 2 aliphatic heterocycles. The molecule has 53 heavy (non-hydrogen) atoms. The zero-order valence-electron chi connectivity index (χ0n) is 33.2. The van der Waals surface area contributed by atoms with E-state index in [1.165, 1.54) is 0 Å². The van der Waals surface area contributed by atoms with Crippen molar-refractivity contribution in [1.82, 2.24) is 4.90 Å². The number of para-hydroxylation sites is 1. The first-order valence-electron chi connectivity index (χ1n) is 18.2. The molecular weight excluding hydrogens is 719 g/mol. The summed E-state index contributed by atoms with van der Waals surface area (Å²) >= 11 is 6.61. The molecule has 0 unspecified atom stereocenters. The maximum atomic E-state index is 14.7. The Balaban J connectivity index is 1.65. The van der Waals surface area contributed by atoms with Gasteiger partial charge in [0, 0.05) is 41.9 Å². The van der Waals surface area contributed by atoms with Crippen molar-refractivity contribution in [1.29, 1.82) is 0 Å². The van der Waals surface area contributed by atoms with Crippen LogP contribution in [0, 0.1) is 22.2 Å². The van der Waals surface area contributed by atoms with Crippen LogP contribution in [0.5, 0.6) is 11.5 Å². The molecule has 1 fully saturated rings. The molecule has 0 saturated carbocycles. The molecule has 13 heteroatoms. The van der Waals surface area contributed by atoms with E-state index in [2.05, 4.69) is 20.8 Å². The second-order valence-electron chi connectivity index (χ2n) is 17.5. The number of amides is 1. The van der Waals surface area contributed by atoms with E-state index in [4.69, 9.17) is 35.3 Å². The van der Waals surface area contributed by atoms with Crippen LogP contribution in [0.3, 0.4) is 0 Å². The Bertz CT molecular complexity index is 1650. The smallest absolute Gasteiger partial charge is 0.311 e. The van der Waals surface area contributed by atoms with Crippen molar-refractivity contribution in [2.24, 2.45) is 22.2 Å². The molecule has 2 heterocycles. The monoisotopic (exact) mass is 776 g/mol. The summed E-state index contributed by atoms with van der Waals surface area (Å²) in [5.41, 5.74) is 0.332. The second-order valence-corrected chi connectivity index (χ2v) is 20.9. The van der Waals surface area contributed by atoms with Crippen LogP contribution in [0.4, 0.5) is 5.69 Å². The van der Waals surface area contributed by atoms with Crippen molar-refractivity contribution >= 4 is 42.3 Å². The minimum absolute atomic E-state index is 0.0319. The number of rotatable bonds is 11. The van der Waals surface area contributed by atoms with E-state index in [-0.39, 0.29) is 36.1 Å². The number of fused-ring (bicyclic) bond motifs is 1. The minimum Gasteiger partial charge on any atom is -0.493 e. The van der Waals surface area contributed by atoms with Crippen LogP contribution in [-0.2, 0) is 33.2 Å². The van der Waals surface area contributed by atoms with Gasteiger partial charge in [0.05, 0.1) is 30.7 Å². The number of carbonyl (C=O) groups is 3. The number of halogens is 1. The number of ether oxygens (including phenoxy) is 5. The summed E-state index contributed by atoms with van der Waals surface area (Å²) in [6.45, 7) is 18.0. The van der Waals surface area contributed by atoms with Crippen LogP contribution >= 0.6 is 18.7 Å². The number of carbonyl (C=O) groups excluding carboxylic acids is 3. The average Bonchev–Trinajstić information content (AvgIpc) is 3.18. The van der Waals surface area contributed by atoms with Gasteiger partial charge >= 0.3 is 11.9 Å². The molecule has 2 atom stereocenters. The van der Waals surface area contributed by atoms with Gasteiger partial charge in [-0.15, -0.1) is 0 Å². The van der Waals surface area contributed by atoms with Crippen molar-refractivity contribution in [2.45, 2.75) is 87.5 Å². The number of piperidine rings is 1. The maximum absolute atomic E-state index is 14.7. The Morgan fingerprint density at radius 1 is 0.868 bits per heavy atom. The Hall–Kier alpha value is -3.11.